The number of carbonyl (C=O) groups is 2. The number of likely N-dealkylation sites (tertiary alicyclic amines) is 1. The number of anilines is 1. The molecule has 0 aliphatic carbocycles. The van der Waals surface area contributed by atoms with E-state index in [2.05, 4.69) is 15.6 Å². The molecule has 2 aromatic rings. The Balaban J connectivity index is 1.49. The summed E-state index contributed by atoms with van der Waals surface area (Å²) in [6.07, 6.45) is 4.09. The zero-order chi connectivity index (χ0) is 18.4. The highest BCUT2D eigenvalue weighted by molar-refractivity contribution is 5.90. The average Bonchev–Trinajstić information content (AvgIpc) is 3.17. The van der Waals surface area contributed by atoms with Gasteiger partial charge in [-0.05, 0) is 31.9 Å². The van der Waals surface area contributed by atoms with Gasteiger partial charge in [0.25, 0.3) is 0 Å². The third kappa shape index (κ3) is 4.53. The quantitative estimate of drug-likeness (QED) is 0.875. The van der Waals surface area contributed by atoms with Gasteiger partial charge in [-0.15, -0.1) is 0 Å². The standard InChI is InChI=1S/C18H22N4O4/c1-2-25-18(24)22-8-6-14(7-9-22)20-17(23)21-15-5-3-4-13(10-15)16-11-19-12-26-16/h3-5,10-12,14H,2,6-9H2,1H3,(H2,20,21,23). The van der Waals surface area contributed by atoms with E-state index in [0.29, 0.717) is 44.0 Å². The Morgan fingerprint density at radius 1 is 1.35 bits per heavy atom. The van der Waals surface area contributed by atoms with Crippen molar-refractivity contribution in [2.45, 2.75) is 25.8 Å². The fourth-order valence-corrected chi connectivity index (χ4v) is 2.88. The second kappa shape index (κ2) is 8.37. The van der Waals surface area contributed by atoms with Gasteiger partial charge in [-0.3, -0.25) is 0 Å². The smallest absolute Gasteiger partial charge is 0.409 e. The molecule has 0 atom stereocenters. The molecule has 26 heavy (non-hydrogen) atoms. The Morgan fingerprint density at radius 3 is 2.85 bits per heavy atom. The van der Waals surface area contributed by atoms with E-state index in [9.17, 15) is 9.59 Å². The zero-order valence-corrected chi connectivity index (χ0v) is 14.6. The molecule has 1 aromatic heterocycles. The van der Waals surface area contributed by atoms with Gasteiger partial charge in [-0.25, -0.2) is 14.6 Å². The largest absolute Gasteiger partial charge is 0.450 e. The molecule has 1 saturated heterocycles. The van der Waals surface area contributed by atoms with E-state index in [1.54, 1.807) is 18.0 Å². The van der Waals surface area contributed by atoms with Crippen molar-refractivity contribution in [1.29, 1.82) is 0 Å². The second-order valence-electron chi connectivity index (χ2n) is 6.01. The molecule has 138 valence electrons. The molecule has 1 aliphatic rings. The first-order chi connectivity index (χ1) is 12.7. The summed E-state index contributed by atoms with van der Waals surface area (Å²) in [6, 6.07) is 7.11. The van der Waals surface area contributed by atoms with Crippen LogP contribution in [0.15, 0.2) is 41.3 Å². The van der Waals surface area contributed by atoms with Gasteiger partial charge in [0.15, 0.2) is 12.2 Å². The predicted molar refractivity (Wildman–Crippen MR) is 95.7 cm³/mol. The molecule has 1 aliphatic heterocycles. The zero-order valence-electron chi connectivity index (χ0n) is 14.6. The maximum absolute atomic E-state index is 12.2. The lowest BCUT2D eigenvalue weighted by Crippen LogP contribution is -2.47. The summed E-state index contributed by atoms with van der Waals surface area (Å²) in [5.74, 6) is 0.639. The number of rotatable bonds is 4. The number of urea groups is 1. The van der Waals surface area contributed by atoms with E-state index in [1.807, 2.05) is 24.3 Å². The lowest BCUT2D eigenvalue weighted by atomic mass is 10.1. The highest BCUT2D eigenvalue weighted by atomic mass is 16.6. The maximum atomic E-state index is 12.2. The number of oxazole rings is 1. The number of hydrogen-bond donors (Lipinski definition) is 2. The first-order valence-corrected chi connectivity index (χ1v) is 8.64. The number of nitrogens with one attached hydrogen (secondary N) is 2. The van der Waals surface area contributed by atoms with Crippen LogP contribution in [0.3, 0.4) is 0 Å². The Kier molecular flexibility index (Phi) is 5.73. The molecule has 0 radical (unpaired) electrons. The van der Waals surface area contributed by atoms with E-state index < -0.39 is 0 Å². The van der Waals surface area contributed by atoms with E-state index in [4.69, 9.17) is 9.15 Å². The molecule has 0 unspecified atom stereocenters. The van der Waals surface area contributed by atoms with Gasteiger partial charge in [0.05, 0.1) is 12.8 Å². The summed E-state index contributed by atoms with van der Waals surface area (Å²) in [6.45, 7) is 3.30. The van der Waals surface area contributed by atoms with Gasteiger partial charge >= 0.3 is 12.1 Å². The molecule has 3 amide bonds. The van der Waals surface area contributed by atoms with Crippen molar-refractivity contribution in [2.24, 2.45) is 0 Å². The summed E-state index contributed by atoms with van der Waals surface area (Å²) in [5.41, 5.74) is 1.50. The number of hydrogen-bond acceptors (Lipinski definition) is 5. The van der Waals surface area contributed by atoms with Crippen LogP contribution in [0.2, 0.25) is 0 Å². The van der Waals surface area contributed by atoms with Crippen LogP contribution >= 0.6 is 0 Å². The Bertz CT molecular complexity index is 739. The lowest BCUT2D eigenvalue weighted by Gasteiger charge is -2.31. The molecule has 1 fully saturated rings. The van der Waals surface area contributed by atoms with Crippen LogP contribution in [-0.2, 0) is 4.74 Å². The topological polar surface area (TPSA) is 96.7 Å². The van der Waals surface area contributed by atoms with Crippen LogP contribution < -0.4 is 10.6 Å². The van der Waals surface area contributed by atoms with Crippen LogP contribution in [-0.4, -0.2) is 47.7 Å². The predicted octanol–water partition coefficient (Wildman–Crippen LogP) is 3.08. The van der Waals surface area contributed by atoms with Crippen LogP contribution in [0.4, 0.5) is 15.3 Å². The number of ether oxygens (including phenoxy) is 1. The summed E-state index contributed by atoms with van der Waals surface area (Å²) in [5, 5.41) is 5.78. The molecule has 3 rings (SSSR count). The summed E-state index contributed by atoms with van der Waals surface area (Å²) < 4.78 is 10.3. The fraction of sp³-hybridized carbons (Fsp3) is 0.389. The minimum Gasteiger partial charge on any atom is -0.450 e. The van der Waals surface area contributed by atoms with Gasteiger partial charge in [0.2, 0.25) is 0 Å². The first kappa shape index (κ1) is 17.8. The maximum Gasteiger partial charge on any atom is 0.409 e. The van der Waals surface area contributed by atoms with Crippen LogP contribution in [0.5, 0.6) is 0 Å². The van der Waals surface area contributed by atoms with Gasteiger partial charge < -0.3 is 24.7 Å². The third-order valence-corrected chi connectivity index (χ3v) is 4.19. The minimum absolute atomic E-state index is 0.0260. The second-order valence-corrected chi connectivity index (χ2v) is 6.01. The Labute approximate surface area is 151 Å². The van der Waals surface area contributed by atoms with E-state index in [1.165, 1.54) is 6.39 Å². The number of nitrogens with zero attached hydrogens (tertiary/aromatic N) is 2. The SMILES string of the molecule is CCOC(=O)N1CCC(NC(=O)Nc2cccc(-c3cnco3)c2)CC1. The fourth-order valence-electron chi connectivity index (χ4n) is 2.88. The molecule has 0 bridgehead atoms. The summed E-state index contributed by atoms with van der Waals surface area (Å²) >= 11 is 0. The lowest BCUT2D eigenvalue weighted by molar-refractivity contribution is 0.0959. The van der Waals surface area contributed by atoms with Crippen LogP contribution in [0.1, 0.15) is 19.8 Å². The van der Waals surface area contributed by atoms with Crippen molar-refractivity contribution in [3.63, 3.8) is 0 Å². The molecule has 1 aromatic carbocycles. The molecular formula is C18H22N4O4. The number of aromatic nitrogens is 1. The van der Waals surface area contributed by atoms with Crippen molar-refractivity contribution in [1.82, 2.24) is 15.2 Å². The molecular weight excluding hydrogens is 336 g/mol. The average molecular weight is 358 g/mol. The number of piperidine rings is 1. The van der Waals surface area contributed by atoms with Crippen molar-refractivity contribution in [3.8, 4) is 11.3 Å². The highest BCUT2D eigenvalue weighted by Crippen LogP contribution is 2.22. The molecule has 2 heterocycles. The van der Waals surface area contributed by atoms with Gasteiger partial charge in [0.1, 0.15) is 0 Å². The van der Waals surface area contributed by atoms with Crippen molar-refractivity contribution < 1.29 is 18.7 Å². The molecule has 8 nitrogen and oxygen atoms in total. The molecule has 2 N–H and O–H groups in total. The first-order valence-electron chi connectivity index (χ1n) is 8.64. The number of carbonyl (C=O) groups excluding carboxylic acids is 2. The Morgan fingerprint density at radius 2 is 2.15 bits per heavy atom. The number of benzene rings is 1. The molecule has 0 spiro atoms. The van der Waals surface area contributed by atoms with Gasteiger partial charge in [0, 0.05) is 30.4 Å². The van der Waals surface area contributed by atoms with E-state index in [0.717, 1.165) is 5.56 Å². The normalized spacial score (nSPS) is 14.7. The van der Waals surface area contributed by atoms with Crippen LogP contribution in [0.25, 0.3) is 11.3 Å². The molecule has 8 heteroatoms. The van der Waals surface area contributed by atoms with E-state index in [-0.39, 0.29) is 18.2 Å². The van der Waals surface area contributed by atoms with Crippen LogP contribution in [0, 0.1) is 0 Å². The van der Waals surface area contributed by atoms with Crippen molar-refractivity contribution in [2.75, 3.05) is 25.0 Å². The summed E-state index contributed by atoms with van der Waals surface area (Å²) in [4.78, 5) is 29.5. The summed E-state index contributed by atoms with van der Waals surface area (Å²) in [7, 11) is 0. The monoisotopic (exact) mass is 358 g/mol. The van der Waals surface area contributed by atoms with Gasteiger partial charge in [-0.1, -0.05) is 12.1 Å². The van der Waals surface area contributed by atoms with Crippen molar-refractivity contribution >= 4 is 17.8 Å². The minimum atomic E-state index is -0.292. The van der Waals surface area contributed by atoms with Gasteiger partial charge in [-0.2, -0.15) is 0 Å². The number of amides is 3. The van der Waals surface area contributed by atoms with Crippen molar-refractivity contribution in [3.05, 3.63) is 36.9 Å². The highest BCUT2D eigenvalue weighted by Gasteiger charge is 2.24. The van der Waals surface area contributed by atoms with E-state index >= 15 is 0 Å². The third-order valence-electron chi connectivity index (χ3n) is 4.19. The Hall–Kier alpha value is -3.03. The molecule has 0 saturated carbocycles.